The van der Waals surface area contributed by atoms with E-state index in [9.17, 15) is 18.0 Å². The van der Waals surface area contributed by atoms with Gasteiger partial charge >= 0.3 is 11.9 Å². The van der Waals surface area contributed by atoms with Crippen LogP contribution in [0.2, 0.25) is 0 Å². The van der Waals surface area contributed by atoms with Gasteiger partial charge in [0.15, 0.2) is 6.10 Å². The standard InChI is InChI=1S/C14H18O8S/c1-7(2)14(16)19-5-3-4-10(15)21-11-8-6-9-12(20-8)13(11)22-23(9,17)18/h8-9,11-13H,1,3-6H2,2H3. The van der Waals surface area contributed by atoms with E-state index in [1.54, 1.807) is 0 Å². The zero-order chi connectivity index (χ0) is 16.8. The third-order valence-electron chi connectivity index (χ3n) is 4.17. The third kappa shape index (κ3) is 3.00. The quantitative estimate of drug-likeness (QED) is 0.288. The first-order valence-corrected chi connectivity index (χ1v) is 8.86. The average Bonchev–Trinajstić information content (AvgIpc) is 3.07. The second-order valence-electron chi connectivity index (χ2n) is 5.94. The maximum Gasteiger partial charge on any atom is 0.333 e. The third-order valence-corrected chi connectivity index (χ3v) is 5.86. The Morgan fingerprint density at radius 3 is 2.74 bits per heavy atom. The molecule has 5 unspecified atom stereocenters. The number of ether oxygens (including phenoxy) is 3. The monoisotopic (exact) mass is 346 g/mol. The Labute approximate surface area is 133 Å². The molecule has 9 heteroatoms. The maximum atomic E-state index is 11.8. The van der Waals surface area contributed by atoms with E-state index in [-0.39, 0.29) is 19.4 Å². The molecule has 0 radical (unpaired) electrons. The van der Waals surface area contributed by atoms with Crippen molar-refractivity contribution < 1.29 is 36.4 Å². The molecule has 3 heterocycles. The van der Waals surface area contributed by atoms with Crippen LogP contribution in [0.5, 0.6) is 0 Å². The van der Waals surface area contributed by atoms with E-state index in [4.69, 9.17) is 18.4 Å². The van der Waals surface area contributed by atoms with Gasteiger partial charge < -0.3 is 14.2 Å². The van der Waals surface area contributed by atoms with Crippen LogP contribution >= 0.6 is 0 Å². The summed E-state index contributed by atoms with van der Waals surface area (Å²) in [4.78, 5) is 23.0. The maximum absolute atomic E-state index is 11.8. The van der Waals surface area contributed by atoms with Crippen LogP contribution in [0, 0.1) is 0 Å². The second-order valence-corrected chi connectivity index (χ2v) is 7.72. The minimum absolute atomic E-state index is 0.0558. The van der Waals surface area contributed by atoms with Gasteiger partial charge in [-0.25, -0.2) is 4.79 Å². The molecule has 5 atom stereocenters. The summed E-state index contributed by atoms with van der Waals surface area (Å²) in [6.07, 6.45) is -1.76. The van der Waals surface area contributed by atoms with Gasteiger partial charge in [0.1, 0.15) is 17.5 Å². The summed E-state index contributed by atoms with van der Waals surface area (Å²) >= 11 is 0. The van der Waals surface area contributed by atoms with Crippen molar-refractivity contribution in [2.75, 3.05) is 6.61 Å². The molecule has 2 bridgehead atoms. The molecule has 0 aromatic carbocycles. The van der Waals surface area contributed by atoms with Crippen LogP contribution in [0.15, 0.2) is 12.2 Å². The Balaban J connectivity index is 1.45. The highest BCUT2D eigenvalue weighted by molar-refractivity contribution is 7.87. The van der Waals surface area contributed by atoms with E-state index in [2.05, 4.69) is 6.58 Å². The molecule has 0 aromatic rings. The molecular weight excluding hydrogens is 328 g/mol. The predicted octanol–water partition coefficient (Wildman–Crippen LogP) is 0.0660. The van der Waals surface area contributed by atoms with Crippen molar-refractivity contribution in [3.05, 3.63) is 12.2 Å². The molecule has 0 aliphatic carbocycles. The Kier molecular flexibility index (Phi) is 4.19. The van der Waals surface area contributed by atoms with Gasteiger partial charge in [-0.05, 0) is 19.8 Å². The summed E-state index contributed by atoms with van der Waals surface area (Å²) in [5.74, 6) is -1.00. The highest BCUT2D eigenvalue weighted by Gasteiger charge is 2.67. The van der Waals surface area contributed by atoms with Crippen molar-refractivity contribution >= 4 is 22.1 Å². The lowest BCUT2D eigenvalue weighted by atomic mass is 9.94. The largest absolute Gasteiger partial charge is 0.462 e. The molecule has 3 rings (SSSR count). The van der Waals surface area contributed by atoms with Gasteiger partial charge in [0.2, 0.25) is 0 Å². The fourth-order valence-corrected chi connectivity index (χ4v) is 4.73. The Bertz CT molecular complexity index is 639. The van der Waals surface area contributed by atoms with Crippen molar-refractivity contribution in [1.82, 2.24) is 0 Å². The Morgan fingerprint density at radius 2 is 2.04 bits per heavy atom. The summed E-state index contributed by atoms with van der Waals surface area (Å²) < 4.78 is 44.2. The molecule has 3 aliphatic heterocycles. The van der Waals surface area contributed by atoms with Gasteiger partial charge in [-0.15, -0.1) is 0 Å². The number of fused-ring (bicyclic) bond motifs is 1. The summed E-state index contributed by atoms with van der Waals surface area (Å²) in [7, 11) is -3.62. The molecule has 23 heavy (non-hydrogen) atoms. The van der Waals surface area contributed by atoms with Gasteiger partial charge in [0.25, 0.3) is 10.1 Å². The number of esters is 2. The van der Waals surface area contributed by atoms with Crippen LogP contribution < -0.4 is 0 Å². The van der Waals surface area contributed by atoms with Crippen molar-refractivity contribution in [3.63, 3.8) is 0 Å². The first-order chi connectivity index (χ1) is 10.8. The van der Waals surface area contributed by atoms with Gasteiger partial charge in [-0.1, -0.05) is 6.58 Å². The van der Waals surface area contributed by atoms with Crippen LogP contribution in [0.1, 0.15) is 26.2 Å². The number of carbonyl (C=O) groups is 2. The van der Waals surface area contributed by atoms with Crippen LogP contribution in [0.3, 0.4) is 0 Å². The predicted molar refractivity (Wildman–Crippen MR) is 75.7 cm³/mol. The number of hydrogen-bond donors (Lipinski definition) is 0. The van der Waals surface area contributed by atoms with Crippen LogP contribution in [-0.4, -0.2) is 56.6 Å². The minimum atomic E-state index is -3.62. The summed E-state index contributed by atoms with van der Waals surface area (Å²) in [5.41, 5.74) is 0.292. The fraction of sp³-hybridized carbons (Fsp3) is 0.714. The molecule has 0 aromatic heterocycles. The molecule has 0 amide bonds. The number of hydrogen-bond acceptors (Lipinski definition) is 8. The second kappa shape index (κ2) is 5.88. The van der Waals surface area contributed by atoms with Gasteiger partial charge in [0, 0.05) is 12.0 Å². The molecular formula is C14H18O8S. The molecule has 0 N–H and O–H groups in total. The van der Waals surface area contributed by atoms with Crippen LogP contribution in [0.4, 0.5) is 0 Å². The van der Waals surface area contributed by atoms with Crippen molar-refractivity contribution in [3.8, 4) is 0 Å². The zero-order valence-corrected chi connectivity index (χ0v) is 13.4. The van der Waals surface area contributed by atoms with Crippen molar-refractivity contribution in [2.24, 2.45) is 0 Å². The lowest BCUT2D eigenvalue weighted by Gasteiger charge is -2.21. The van der Waals surface area contributed by atoms with E-state index in [1.165, 1.54) is 6.92 Å². The van der Waals surface area contributed by atoms with Gasteiger partial charge in [-0.3, -0.25) is 8.98 Å². The molecule has 3 fully saturated rings. The van der Waals surface area contributed by atoms with E-state index in [0.717, 1.165) is 0 Å². The zero-order valence-electron chi connectivity index (χ0n) is 12.6. The molecule has 0 spiro atoms. The summed E-state index contributed by atoms with van der Waals surface area (Å²) in [6, 6.07) is 0. The van der Waals surface area contributed by atoms with Crippen molar-refractivity contribution in [2.45, 2.75) is 55.9 Å². The number of rotatable bonds is 6. The minimum Gasteiger partial charge on any atom is -0.462 e. The first-order valence-electron chi connectivity index (χ1n) is 7.39. The van der Waals surface area contributed by atoms with E-state index in [0.29, 0.717) is 12.0 Å². The molecule has 8 nitrogen and oxygen atoms in total. The van der Waals surface area contributed by atoms with E-state index >= 15 is 0 Å². The van der Waals surface area contributed by atoms with Crippen LogP contribution in [0.25, 0.3) is 0 Å². The van der Waals surface area contributed by atoms with E-state index in [1.807, 2.05) is 0 Å². The molecule has 128 valence electrons. The lowest BCUT2D eigenvalue weighted by molar-refractivity contribution is -0.155. The van der Waals surface area contributed by atoms with Gasteiger partial charge in [-0.2, -0.15) is 8.42 Å². The first kappa shape index (κ1) is 16.4. The normalized spacial score (nSPS) is 36.0. The highest BCUT2D eigenvalue weighted by atomic mass is 32.2. The average molecular weight is 346 g/mol. The molecule has 0 saturated carbocycles. The Hall–Kier alpha value is -1.45. The van der Waals surface area contributed by atoms with Crippen molar-refractivity contribution in [1.29, 1.82) is 0 Å². The van der Waals surface area contributed by atoms with Crippen LogP contribution in [-0.2, 0) is 38.1 Å². The smallest absolute Gasteiger partial charge is 0.333 e. The topological polar surface area (TPSA) is 105 Å². The SMILES string of the molecule is C=C(C)C(=O)OCCCC(=O)OC1C2CC3C(O2)C1OS3(=O)=O. The van der Waals surface area contributed by atoms with Gasteiger partial charge in [0.05, 0.1) is 12.7 Å². The fourth-order valence-electron chi connectivity index (χ4n) is 3.08. The Morgan fingerprint density at radius 1 is 1.30 bits per heavy atom. The molecule has 3 saturated heterocycles. The molecule has 3 aliphatic rings. The van der Waals surface area contributed by atoms with E-state index < -0.39 is 51.7 Å². The summed E-state index contributed by atoms with van der Waals surface area (Å²) in [5, 5.41) is -0.644. The number of carbonyl (C=O) groups excluding carboxylic acids is 2. The lowest BCUT2D eigenvalue weighted by Crippen LogP contribution is -2.41. The summed E-state index contributed by atoms with van der Waals surface area (Å²) in [6.45, 7) is 5.07. The highest BCUT2D eigenvalue weighted by Crippen LogP contribution is 2.47.